The van der Waals surface area contributed by atoms with E-state index in [2.05, 4.69) is 0 Å². The fourth-order valence-corrected chi connectivity index (χ4v) is 1.56. The third-order valence-corrected chi connectivity index (χ3v) is 2.64. The summed E-state index contributed by atoms with van der Waals surface area (Å²) in [6.45, 7) is 1.02. The van der Waals surface area contributed by atoms with E-state index >= 15 is 0 Å². The fraction of sp³-hybridized carbons (Fsp3) is 0.417. The van der Waals surface area contributed by atoms with Crippen LogP contribution in [-0.4, -0.2) is 38.8 Å². The molecule has 6 heteroatoms. The van der Waals surface area contributed by atoms with Gasteiger partial charge in [0.25, 0.3) is 0 Å². The van der Waals surface area contributed by atoms with Crippen molar-refractivity contribution in [1.82, 2.24) is 0 Å². The summed E-state index contributed by atoms with van der Waals surface area (Å²) in [4.78, 5) is 11.3. The standard InChI is InChI=1S/C12H14Cl2O4/c1-16-4-5-17-8-18-12-3-2-9(6-10(12)14)11(15)7-13/h2-3,6H,4-5,7-8H2,1H3. The summed E-state index contributed by atoms with van der Waals surface area (Å²) in [6.07, 6.45) is 0. The number of methoxy groups -OCH3 is 1. The van der Waals surface area contributed by atoms with Crippen molar-refractivity contribution in [3.63, 3.8) is 0 Å². The van der Waals surface area contributed by atoms with E-state index in [0.717, 1.165) is 0 Å². The molecule has 0 aliphatic rings. The Morgan fingerprint density at radius 1 is 1.33 bits per heavy atom. The summed E-state index contributed by atoms with van der Waals surface area (Å²) in [7, 11) is 1.59. The largest absolute Gasteiger partial charge is 0.466 e. The number of ether oxygens (including phenoxy) is 3. The van der Waals surface area contributed by atoms with Gasteiger partial charge in [0.1, 0.15) is 5.75 Å². The highest BCUT2D eigenvalue weighted by atomic mass is 35.5. The van der Waals surface area contributed by atoms with Crippen molar-refractivity contribution >= 4 is 29.0 Å². The van der Waals surface area contributed by atoms with Crippen LogP contribution in [0.15, 0.2) is 18.2 Å². The zero-order valence-corrected chi connectivity index (χ0v) is 11.5. The summed E-state index contributed by atoms with van der Waals surface area (Å²) >= 11 is 11.4. The summed E-state index contributed by atoms with van der Waals surface area (Å²) in [5.74, 6) is 0.207. The van der Waals surface area contributed by atoms with E-state index < -0.39 is 0 Å². The molecule has 0 aliphatic carbocycles. The molecule has 0 fully saturated rings. The molecule has 100 valence electrons. The van der Waals surface area contributed by atoms with Crippen molar-refractivity contribution in [2.75, 3.05) is 33.0 Å². The maximum Gasteiger partial charge on any atom is 0.189 e. The zero-order chi connectivity index (χ0) is 13.4. The highest BCUT2D eigenvalue weighted by molar-refractivity contribution is 6.33. The van der Waals surface area contributed by atoms with Gasteiger partial charge in [0.05, 0.1) is 24.1 Å². The van der Waals surface area contributed by atoms with Gasteiger partial charge in [-0.25, -0.2) is 0 Å². The van der Waals surface area contributed by atoms with E-state index in [1.165, 1.54) is 6.07 Å². The molecule has 0 unspecified atom stereocenters. The third-order valence-electron chi connectivity index (χ3n) is 2.10. The van der Waals surface area contributed by atoms with Crippen LogP contribution in [0.4, 0.5) is 0 Å². The van der Waals surface area contributed by atoms with E-state index in [1.807, 2.05) is 0 Å². The second kappa shape index (κ2) is 8.32. The van der Waals surface area contributed by atoms with Crippen LogP contribution >= 0.6 is 23.2 Å². The summed E-state index contributed by atoms with van der Waals surface area (Å²) in [5, 5.41) is 0.348. The number of hydrogen-bond donors (Lipinski definition) is 0. The molecular formula is C12H14Cl2O4. The average Bonchev–Trinajstić information content (AvgIpc) is 2.39. The molecule has 1 aromatic carbocycles. The minimum Gasteiger partial charge on any atom is -0.466 e. The number of Topliss-reactive ketones (excluding diaryl/α,β-unsaturated/α-hetero) is 1. The zero-order valence-electron chi connectivity index (χ0n) is 9.95. The van der Waals surface area contributed by atoms with Crippen molar-refractivity contribution in [3.05, 3.63) is 28.8 Å². The molecule has 0 spiro atoms. The van der Waals surface area contributed by atoms with Gasteiger partial charge in [0.2, 0.25) is 0 Å². The van der Waals surface area contributed by atoms with E-state index in [1.54, 1.807) is 19.2 Å². The van der Waals surface area contributed by atoms with Crippen LogP contribution in [0.5, 0.6) is 5.75 Å². The van der Waals surface area contributed by atoms with Crippen LogP contribution in [0.2, 0.25) is 5.02 Å². The number of carbonyl (C=O) groups excluding carboxylic acids is 1. The van der Waals surface area contributed by atoms with Gasteiger partial charge in [-0.15, -0.1) is 11.6 Å². The smallest absolute Gasteiger partial charge is 0.189 e. The fourth-order valence-electron chi connectivity index (χ4n) is 1.17. The number of halogens is 2. The first-order valence-corrected chi connectivity index (χ1v) is 6.18. The lowest BCUT2D eigenvalue weighted by Gasteiger charge is -2.09. The van der Waals surface area contributed by atoms with Crippen LogP contribution < -0.4 is 4.74 Å². The molecule has 0 atom stereocenters. The topological polar surface area (TPSA) is 44.8 Å². The van der Waals surface area contributed by atoms with Crippen LogP contribution in [0, 0.1) is 0 Å². The molecule has 18 heavy (non-hydrogen) atoms. The van der Waals surface area contributed by atoms with Crippen LogP contribution in [0.25, 0.3) is 0 Å². The maximum absolute atomic E-state index is 11.3. The van der Waals surface area contributed by atoms with Crippen molar-refractivity contribution in [1.29, 1.82) is 0 Å². The lowest BCUT2D eigenvalue weighted by Crippen LogP contribution is -2.08. The molecular weight excluding hydrogens is 279 g/mol. The maximum atomic E-state index is 11.3. The molecule has 0 heterocycles. The molecule has 0 amide bonds. The third kappa shape index (κ3) is 4.82. The summed E-state index contributed by atoms with van der Waals surface area (Å²) < 4.78 is 15.3. The molecule has 1 aromatic rings. The predicted molar refractivity (Wildman–Crippen MR) is 69.8 cm³/mol. The SMILES string of the molecule is COCCOCOc1ccc(C(=O)CCl)cc1Cl. The molecule has 0 aliphatic heterocycles. The van der Waals surface area contributed by atoms with Crippen molar-refractivity contribution in [3.8, 4) is 5.75 Å². The minimum atomic E-state index is -0.179. The lowest BCUT2D eigenvalue weighted by molar-refractivity contribution is -0.00843. The Labute approximate surface area is 116 Å². The molecule has 4 nitrogen and oxygen atoms in total. The first-order chi connectivity index (χ1) is 8.69. The number of benzene rings is 1. The summed E-state index contributed by atoms with van der Waals surface area (Å²) in [5.41, 5.74) is 0.461. The Balaban J connectivity index is 2.49. The Morgan fingerprint density at radius 2 is 2.11 bits per heavy atom. The van der Waals surface area contributed by atoms with Gasteiger partial charge in [0, 0.05) is 12.7 Å². The van der Waals surface area contributed by atoms with Crippen LogP contribution in [0.1, 0.15) is 10.4 Å². The van der Waals surface area contributed by atoms with Crippen molar-refractivity contribution in [2.24, 2.45) is 0 Å². The van der Waals surface area contributed by atoms with Crippen LogP contribution in [0.3, 0.4) is 0 Å². The molecule has 1 rings (SSSR count). The Kier molecular flexibility index (Phi) is 7.05. The highest BCUT2D eigenvalue weighted by Crippen LogP contribution is 2.25. The van der Waals surface area contributed by atoms with Gasteiger partial charge in [0.15, 0.2) is 12.6 Å². The number of ketones is 1. The monoisotopic (exact) mass is 292 g/mol. The number of rotatable bonds is 8. The van der Waals surface area contributed by atoms with Crippen molar-refractivity contribution < 1.29 is 19.0 Å². The number of carbonyl (C=O) groups is 1. The van der Waals surface area contributed by atoms with E-state index in [-0.39, 0.29) is 18.5 Å². The van der Waals surface area contributed by atoms with Crippen LogP contribution in [-0.2, 0) is 9.47 Å². The van der Waals surface area contributed by atoms with Crippen molar-refractivity contribution in [2.45, 2.75) is 0 Å². The molecule has 0 radical (unpaired) electrons. The van der Waals surface area contributed by atoms with Gasteiger partial charge in [-0.2, -0.15) is 0 Å². The van der Waals surface area contributed by atoms with Gasteiger partial charge >= 0.3 is 0 Å². The average molecular weight is 293 g/mol. The minimum absolute atomic E-state index is 0.0728. The van der Waals surface area contributed by atoms with Gasteiger partial charge in [-0.3, -0.25) is 4.79 Å². The lowest BCUT2D eigenvalue weighted by atomic mass is 10.1. The Morgan fingerprint density at radius 3 is 2.72 bits per heavy atom. The van der Waals surface area contributed by atoms with Gasteiger partial charge in [-0.1, -0.05) is 11.6 Å². The number of alkyl halides is 1. The van der Waals surface area contributed by atoms with Gasteiger partial charge < -0.3 is 14.2 Å². The molecule has 0 bridgehead atoms. The summed E-state index contributed by atoms with van der Waals surface area (Å²) in [6, 6.07) is 4.75. The number of hydrogen-bond acceptors (Lipinski definition) is 4. The normalized spacial score (nSPS) is 10.4. The van der Waals surface area contributed by atoms with E-state index in [9.17, 15) is 4.79 Å². The Bertz CT molecular complexity index is 396. The molecule has 0 saturated heterocycles. The quantitative estimate of drug-likeness (QED) is 0.320. The second-order valence-electron chi connectivity index (χ2n) is 3.37. The first kappa shape index (κ1) is 15.2. The second-order valence-corrected chi connectivity index (χ2v) is 4.04. The Hall–Kier alpha value is -0.810. The molecule has 0 N–H and O–H groups in total. The highest BCUT2D eigenvalue weighted by Gasteiger charge is 2.08. The van der Waals surface area contributed by atoms with Gasteiger partial charge in [-0.05, 0) is 18.2 Å². The predicted octanol–water partition coefficient (Wildman–Crippen LogP) is 2.76. The van der Waals surface area contributed by atoms with E-state index in [4.69, 9.17) is 37.4 Å². The van der Waals surface area contributed by atoms with E-state index in [0.29, 0.717) is 29.5 Å². The first-order valence-electron chi connectivity index (χ1n) is 5.27. The molecule has 0 saturated carbocycles. The molecule has 0 aromatic heterocycles.